The van der Waals surface area contributed by atoms with Gasteiger partial charge in [-0.2, -0.15) is 0 Å². The summed E-state index contributed by atoms with van der Waals surface area (Å²) in [5.74, 6) is -0.442. The summed E-state index contributed by atoms with van der Waals surface area (Å²) in [5, 5.41) is 0. The molecule has 3 nitrogen and oxygen atoms in total. The van der Waals surface area contributed by atoms with Gasteiger partial charge in [0.2, 0.25) is 5.91 Å². The molecule has 1 aromatic heterocycles. The normalized spacial score (nSPS) is 8.00. The van der Waals surface area contributed by atoms with Crippen LogP contribution in [0.25, 0.3) is 0 Å². The summed E-state index contributed by atoms with van der Waals surface area (Å²) in [7, 11) is 0. The van der Waals surface area contributed by atoms with Crippen molar-refractivity contribution >= 4 is 43.6 Å². The average Bonchev–Trinajstić information content (AvgIpc) is 1.90. The minimum atomic E-state index is -0.442. The van der Waals surface area contributed by atoms with E-state index in [1.165, 1.54) is 6.20 Å². The predicted molar refractivity (Wildman–Crippen MR) is 41.3 cm³/mol. The summed E-state index contributed by atoms with van der Waals surface area (Å²) in [6.07, 6.45) is 3.02. The van der Waals surface area contributed by atoms with E-state index in [0.29, 0.717) is 5.56 Å². The topological polar surface area (TPSA) is 56.0 Å². The fourth-order valence-corrected chi connectivity index (χ4v) is 0.509. The molecule has 4 heteroatoms. The van der Waals surface area contributed by atoms with Crippen molar-refractivity contribution in [2.45, 2.75) is 0 Å². The van der Waals surface area contributed by atoms with Crippen LogP contribution < -0.4 is 5.73 Å². The monoisotopic (exact) mass is 164 g/mol. The van der Waals surface area contributed by atoms with Crippen LogP contribution in [0, 0.1) is 0 Å². The van der Waals surface area contributed by atoms with Gasteiger partial charge in [0.1, 0.15) is 0 Å². The molecule has 1 rings (SSSR count). The number of hydrogen-bond acceptors (Lipinski definition) is 2. The summed E-state index contributed by atoms with van der Waals surface area (Å²) in [6, 6.07) is 3.29. The molecule has 0 aliphatic rings. The van der Waals surface area contributed by atoms with E-state index in [9.17, 15) is 4.79 Å². The number of aromatic nitrogens is 1. The van der Waals surface area contributed by atoms with E-state index in [-0.39, 0.29) is 37.7 Å². The van der Waals surface area contributed by atoms with Crippen LogP contribution in [0.15, 0.2) is 24.5 Å². The summed E-state index contributed by atoms with van der Waals surface area (Å²) in [4.78, 5) is 14.1. The molecular formula is C6H8CaN2O. The van der Waals surface area contributed by atoms with E-state index >= 15 is 0 Å². The first-order valence-corrected chi connectivity index (χ1v) is 2.50. The number of nitrogens with two attached hydrogens (primary N) is 1. The van der Waals surface area contributed by atoms with Crippen LogP contribution >= 0.6 is 0 Å². The molecule has 0 spiro atoms. The SMILES string of the molecule is NC(=O)c1cccnc1.[CaH2]. The standard InChI is InChI=1S/C6H6N2O.Ca.2H/c7-6(9)5-2-1-3-8-4-5;;;/h1-4H,(H2,7,9);;;. The fraction of sp³-hybridized carbons (Fsp3) is 0. The van der Waals surface area contributed by atoms with Crippen molar-refractivity contribution < 1.29 is 4.79 Å². The van der Waals surface area contributed by atoms with Crippen LogP contribution in [0.5, 0.6) is 0 Å². The molecule has 1 amide bonds. The molecule has 0 aromatic carbocycles. The van der Waals surface area contributed by atoms with E-state index in [1.807, 2.05) is 0 Å². The van der Waals surface area contributed by atoms with Gasteiger partial charge in [-0.1, -0.05) is 0 Å². The third-order valence-corrected chi connectivity index (χ3v) is 0.946. The number of pyridine rings is 1. The molecule has 50 valence electrons. The molecule has 2 N–H and O–H groups in total. The number of rotatable bonds is 1. The summed E-state index contributed by atoms with van der Waals surface area (Å²) in [6.45, 7) is 0. The van der Waals surface area contributed by atoms with E-state index in [2.05, 4.69) is 4.98 Å². The zero-order chi connectivity index (χ0) is 6.69. The van der Waals surface area contributed by atoms with E-state index < -0.39 is 5.91 Å². The first kappa shape index (κ1) is 9.88. The van der Waals surface area contributed by atoms with Gasteiger partial charge in [0, 0.05) is 12.4 Å². The number of carbonyl (C=O) groups excluding carboxylic acids is 1. The Kier molecular flexibility index (Phi) is 4.60. The van der Waals surface area contributed by atoms with Gasteiger partial charge in [0.05, 0.1) is 5.56 Å². The number of nitrogens with zero attached hydrogens (tertiary/aromatic N) is 1. The molecule has 1 aromatic rings. The van der Waals surface area contributed by atoms with Gasteiger partial charge in [0.15, 0.2) is 0 Å². The van der Waals surface area contributed by atoms with Crippen molar-refractivity contribution in [2.75, 3.05) is 0 Å². The quantitative estimate of drug-likeness (QED) is 0.556. The molecule has 0 saturated heterocycles. The van der Waals surface area contributed by atoms with Gasteiger partial charge >= 0.3 is 37.7 Å². The second-order valence-corrected chi connectivity index (χ2v) is 1.61. The van der Waals surface area contributed by atoms with Crippen LogP contribution in [-0.2, 0) is 0 Å². The van der Waals surface area contributed by atoms with Gasteiger partial charge < -0.3 is 5.73 Å². The predicted octanol–water partition coefficient (Wildman–Crippen LogP) is -0.736. The summed E-state index contributed by atoms with van der Waals surface area (Å²) in [5.41, 5.74) is 5.38. The van der Waals surface area contributed by atoms with Crippen molar-refractivity contribution in [3.8, 4) is 0 Å². The number of amides is 1. The Labute approximate surface area is 88.6 Å². The van der Waals surface area contributed by atoms with E-state index in [1.54, 1.807) is 18.3 Å². The van der Waals surface area contributed by atoms with Crippen LogP contribution in [0.3, 0.4) is 0 Å². The zero-order valence-corrected chi connectivity index (χ0v) is 4.74. The van der Waals surface area contributed by atoms with Gasteiger partial charge in [-0.3, -0.25) is 9.78 Å². The molecule has 0 aliphatic heterocycles. The van der Waals surface area contributed by atoms with E-state index in [4.69, 9.17) is 5.73 Å². The maximum absolute atomic E-state index is 10.4. The Bertz CT molecular complexity index is 212. The molecule has 0 atom stereocenters. The van der Waals surface area contributed by atoms with Gasteiger partial charge in [-0.05, 0) is 12.1 Å². The van der Waals surface area contributed by atoms with Crippen LogP contribution in [0.4, 0.5) is 0 Å². The Morgan fingerprint density at radius 2 is 2.30 bits per heavy atom. The second kappa shape index (κ2) is 4.66. The van der Waals surface area contributed by atoms with Crippen molar-refractivity contribution in [3.05, 3.63) is 30.1 Å². The fourth-order valence-electron chi connectivity index (χ4n) is 0.509. The van der Waals surface area contributed by atoms with Crippen LogP contribution in [-0.4, -0.2) is 48.6 Å². The third kappa shape index (κ3) is 2.64. The first-order valence-electron chi connectivity index (χ1n) is 2.50. The second-order valence-electron chi connectivity index (χ2n) is 1.61. The molecular weight excluding hydrogens is 156 g/mol. The van der Waals surface area contributed by atoms with Crippen molar-refractivity contribution in [1.29, 1.82) is 0 Å². The van der Waals surface area contributed by atoms with Gasteiger partial charge in [-0.15, -0.1) is 0 Å². The molecule has 1 heterocycles. The Morgan fingerprint density at radius 3 is 2.60 bits per heavy atom. The molecule has 0 bridgehead atoms. The van der Waals surface area contributed by atoms with Crippen molar-refractivity contribution in [1.82, 2.24) is 4.98 Å². The third-order valence-electron chi connectivity index (χ3n) is 0.946. The Balaban J connectivity index is 0.000000810. The molecule has 0 unspecified atom stereocenters. The number of primary amides is 1. The average molecular weight is 164 g/mol. The summed E-state index contributed by atoms with van der Waals surface area (Å²) >= 11 is 0. The minimum absolute atomic E-state index is 0. The van der Waals surface area contributed by atoms with Crippen molar-refractivity contribution in [3.63, 3.8) is 0 Å². The summed E-state index contributed by atoms with van der Waals surface area (Å²) < 4.78 is 0. The molecule has 0 saturated carbocycles. The molecule has 0 fully saturated rings. The number of carbonyl (C=O) groups is 1. The number of hydrogen-bond donors (Lipinski definition) is 1. The van der Waals surface area contributed by atoms with Gasteiger partial charge in [0.25, 0.3) is 0 Å². The van der Waals surface area contributed by atoms with E-state index in [0.717, 1.165) is 0 Å². The van der Waals surface area contributed by atoms with Crippen molar-refractivity contribution in [2.24, 2.45) is 5.73 Å². The maximum atomic E-state index is 10.4. The first-order chi connectivity index (χ1) is 4.30. The Morgan fingerprint density at radius 1 is 1.60 bits per heavy atom. The zero-order valence-electron chi connectivity index (χ0n) is 4.74. The Hall–Kier alpha value is -0.120. The van der Waals surface area contributed by atoms with Gasteiger partial charge in [-0.25, -0.2) is 0 Å². The molecule has 0 radical (unpaired) electrons. The van der Waals surface area contributed by atoms with Crippen LogP contribution in [0.2, 0.25) is 0 Å². The molecule has 10 heavy (non-hydrogen) atoms. The molecule has 0 aliphatic carbocycles. The van der Waals surface area contributed by atoms with Crippen LogP contribution in [0.1, 0.15) is 10.4 Å².